The van der Waals surface area contributed by atoms with Gasteiger partial charge < -0.3 is 9.32 Å². The van der Waals surface area contributed by atoms with Crippen LogP contribution in [0.2, 0.25) is 0 Å². The highest BCUT2D eigenvalue weighted by molar-refractivity contribution is 6.05. The van der Waals surface area contributed by atoms with Crippen LogP contribution >= 0.6 is 0 Å². The van der Waals surface area contributed by atoms with Gasteiger partial charge in [-0.25, -0.2) is 0 Å². The summed E-state index contributed by atoms with van der Waals surface area (Å²) in [5.41, 5.74) is 20.4. The van der Waals surface area contributed by atoms with Crippen molar-refractivity contribution in [1.29, 1.82) is 0 Å². The van der Waals surface area contributed by atoms with Crippen molar-refractivity contribution in [3.8, 4) is 44.5 Å². The van der Waals surface area contributed by atoms with Crippen LogP contribution in [-0.2, 0) is 10.8 Å². The summed E-state index contributed by atoms with van der Waals surface area (Å²) in [6, 6.07) is 69.0. The van der Waals surface area contributed by atoms with Crippen molar-refractivity contribution in [1.82, 2.24) is 0 Å². The van der Waals surface area contributed by atoms with Crippen molar-refractivity contribution in [3.63, 3.8) is 0 Å². The second-order valence-electron chi connectivity index (χ2n) is 16.0. The minimum absolute atomic E-state index is 0.0384. The Hall–Kier alpha value is -6.90. The summed E-state index contributed by atoms with van der Waals surface area (Å²) in [4.78, 5) is 2.38. The third kappa shape index (κ3) is 4.06. The molecule has 0 fully saturated rings. The molecule has 12 rings (SSSR count). The fraction of sp³-hybridized carbons (Fsp3) is 0.0741. The SMILES string of the molecule is CC1(C)c2ccccc2-c2ccc(-c3ccc(N(c4ccccc4)c4ccc5c(c4)-c4ccccc4C54c5ccccc5-c5c4oc4ccccc54)cc3)cc21. The lowest BCUT2D eigenvalue weighted by atomic mass is 9.73. The number of rotatable bonds is 4. The van der Waals surface area contributed by atoms with Crippen molar-refractivity contribution < 1.29 is 4.42 Å². The zero-order valence-corrected chi connectivity index (χ0v) is 31.3. The van der Waals surface area contributed by atoms with Crippen LogP contribution in [0.5, 0.6) is 0 Å². The van der Waals surface area contributed by atoms with Crippen LogP contribution in [0.3, 0.4) is 0 Å². The average molecular weight is 716 g/mol. The van der Waals surface area contributed by atoms with Gasteiger partial charge in [-0.2, -0.15) is 0 Å². The van der Waals surface area contributed by atoms with Crippen LogP contribution in [0.1, 0.15) is 47.4 Å². The van der Waals surface area contributed by atoms with Gasteiger partial charge in [-0.15, -0.1) is 0 Å². The smallest absolute Gasteiger partial charge is 0.135 e. The van der Waals surface area contributed by atoms with E-state index in [1.54, 1.807) is 0 Å². The molecule has 8 aromatic carbocycles. The van der Waals surface area contributed by atoms with E-state index in [4.69, 9.17) is 4.42 Å². The summed E-state index contributed by atoms with van der Waals surface area (Å²) in [6.45, 7) is 4.69. The fourth-order valence-corrected chi connectivity index (χ4v) is 10.4. The van der Waals surface area contributed by atoms with E-state index >= 15 is 0 Å². The number of hydrogen-bond acceptors (Lipinski definition) is 2. The third-order valence-corrected chi connectivity index (χ3v) is 12.9. The fourth-order valence-electron chi connectivity index (χ4n) is 10.4. The molecule has 0 bridgehead atoms. The van der Waals surface area contributed by atoms with Gasteiger partial charge in [-0.05, 0) is 115 Å². The molecule has 2 nitrogen and oxygen atoms in total. The van der Waals surface area contributed by atoms with E-state index in [0.717, 1.165) is 28.4 Å². The number of nitrogens with zero attached hydrogens (tertiary/aromatic N) is 1. The second kappa shape index (κ2) is 11.3. The summed E-state index contributed by atoms with van der Waals surface area (Å²) in [7, 11) is 0. The minimum atomic E-state index is -0.541. The Morgan fingerprint density at radius 3 is 1.73 bits per heavy atom. The van der Waals surface area contributed by atoms with Crippen molar-refractivity contribution in [2.45, 2.75) is 24.7 Å². The summed E-state index contributed by atoms with van der Waals surface area (Å²) in [5, 5.41) is 1.17. The molecular weight excluding hydrogens is 679 g/mol. The molecular formula is C54H37NO. The van der Waals surface area contributed by atoms with E-state index < -0.39 is 5.41 Å². The lowest BCUT2D eigenvalue weighted by Crippen LogP contribution is -2.25. The Bertz CT molecular complexity index is 3060. The van der Waals surface area contributed by atoms with Gasteiger partial charge in [-0.3, -0.25) is 0 Å². The number of furan rings is 1. The van der Waals surface area contributed by atoms with E-state index in [1.807, 2.05) is 0 Å². The summed E-state index contributed by atoms with van der Waals surface area (Å²) >= 11 is 0. The lowest BCUT2D eigenvalue weighted by Gasteiger charge is -2.29. The van der Waals surface area contributed by atoms with Gasteiger partial charge in [0.25, 0.3) is 0 Å². The van der Waals surface area contributed by atoms with Crippen molar-refractivity contribution in [2.75, 3.05) is 4.90 Å². The summed E-state index contributed by atoms with van der Waals surface area (Å²) in [6.07, 6.45) is 0. The maximum absolute atomic E-state index is 6.95. The van der Waals surface area contributed by atoms with E-state index in [9.17, 15) is 0 Å². The maximum atomic E-state index is 6.95. The zero-order chi connectivity index (χ0) is 37.2. The molecule has 3 aliphatic carbocycles. The first-order valence-corrected chi connectivity index (χ1v) is 19.6. The lowest BCUT2D eigenvalue weighted by molar-refractivity contribution is 0.507. The number of hydrogen-bond donors (Lipinski definition) is 0. The van der Waals surface area contributed by atoms with Gasteiger partial charge in [0.15, 0.2) is 0 Å². The Morgan fingerprint density at radius 2 is 0.946 bits per heavy atom. The number of fused-ring (bicyclic) bond motifs is 15. The zero-order valence-electron chi connectivity index (χ0n) is 31.3. The van der Waals surface area contributed by atoms with E-state index in [2.05, 4.69) is 207 Å². The molecule has 1 spiro atoms. The molecule has 0 saturated heterocycles. The molecule has 56 heavy (non-hydrogen) atoms. The van der Waals surface area contributed by atoms with Gasteiger partial charge in [0.1, 0.15) is 16.8 Å². The Kier molecular flexibility index (Phi) is 6.36. The van der Waals surface area contributed by atoms with E-state index in [0.29, 0.717) is 0 Å². The first kappa shape index (κ1) is 31.5. The predicted octanol–water partition coefficient (Wildman–Crippen LogP) is 14.2. The molecule has 264 valence electrons. The summed E-state index contributed by atoms with van der Waals surface area (Å²) in [5.74, 6) is 1.02. The largest absolute Gasteiger partial charge is 0.459 e. The quantitative estimate of drug-likeness (QED) is 0.180. The summed E-state index contributed by atoms with van der Waals surface area (Å²) < 4.78 is 6.95. The highest BCUT2D eigenvalue weighted by Crippen LogP contribution is 2.65. The molecule has 3 aliphatic rings. The van der Waals surface area contributed by atoms with E-state index in [1.165, 1.54) is 77.7 Å². The highest BCUT2D eigenvalue weighted by Gasteiger charge is 2.55. The highest BCUT2D eigenvalue weighted by atomic mass is 16.3. The first-order chi connectivity index (χ1) is 27.5. The van der Waals surface area contributed by atoms with Crippen LogP contribution < -0.4 is 4.90 Å². The molecule has 0 aliphatic heterocycles. The van der Waals surface area contributed by atoms with Crippen LogP contribution in [-0.4, -0.2) is 0 Å². The molecule has 0 radical (unpaired) electrons. The molecule has 0 saturated carbocycles. The molecule has 2 heteroatoms. The maximum Gasteiger partial charge on any atom is 0.135 e. The molecule has 1 aromatic heterocycles. The van der Waals surface area contributed by atoms with Crippen molar-refractivity contribution >= 4 is 28.0 Å². The number of para-hydroxylation sites is 2. The first-order valence-electron chi connectivity index (χ1n) is 19.6. The Morgan fingerprint density at radius 1 is 0.393 bits per heavy atom. The standard InChI is InChI=1S/C54H37NO/c1-53(2)45-20-10-6-16-39(45)41-30-26-35(32-49(41)53)34-24-27-37(28-25-34)55(36-14-4-3-5-15-36)38-29-31-48-44(33-38)40-17-7-11-21-46(40)54(48)47-22-12-8-18-42(47)51-43-19-9-13-23-50(43)56-52(51)54/h3-33H,1-2H3. The van der Waals surface area contributed by atoms with Gasteiger partial charge in [0.2, 0.25) is 0 Å². The Balaban J connectivity index is 1.00. The van der Waals surface area contributed by atoms with Gasteiger partial charge in [0.05, 0.1) is 0 Å². The van der Waals surface area contributed by atoms with E-state index in [-0.39, 0.29) is 5.41 Å². The predicted molar refractivity (Wildman–Crippen MR) is 230 cm³/mol. The number of anilines is 3. The van der Waals surface area contributed by atoms with Crippen LogP contribution in [0.15, 0.2) is 192 Å². The van der Waals surface area contributed by atoms with Gasteiger partial charge in [-0.1, -0.05) is 153 Å². The van der Waals surface area contributed by atoms with Gasteiger partial charge in [0, 0.05) is 33.4 Å². The Labute approximate surface area is 327 Å². The molecule has 1 atom stereocenters. The molecule has 0 N–H and O–H groups in total. The van der Waals surface area contributed by atoms with Crippen LogP contribution in [0.4, 0.5) is 17.1 Å². The van der Waals surface area contributed by atoms with Crippen molar-refractivity contribution in [3.05, 3.63) is 222 Å². The monoisotopic (exact) mass is 715 g/mol. The number of benzene rings is 8. The second-order valence-corrected chi connectivity index (χ2v) is 16.0. The normalized spacial score (nSPS) is 16.2. The van der Waals surface area contributed by atoms with Gasteiger partial charge >= 0.3 is 0 Å². The third-order valence-electron chi connectivity index (χ3n) is 12.9. The average Bonchev–Trinajstić information content (AvgIpc) is 3.93. The van der Waals surface area contributed by atoms with Crippen molar-refractivity contribution in [2.24, 2.45) is 0 Å². The molecule has 1 unspecified atom stereocenters. The van der Waals surface area contributed by atoms with Crippen LogP contribution in [0.25, 0.3) is 55.5 Å². The molecule has 9 aromatic rings. The molecule has 0 amide bonds. The molecule has 1 heterocycles. The minimum Gasteiger partial charge on any atom is -0.459 e. The topological polar surface area (TPSA) is 16.4 Å². The van der Waals surface area contributed by atoms with Crippen LogP contribution in [0, 0.1) is 0 Å².